The number of hydrogen-bond donors (Lipinski definition) is 4. The Morgan fingerprint density at radius 1 is 0.857 bits per heavy atom. The Kier molecular flexibility index (Phi) is 6.50. The molecule has 4 rings (SSSR count). The number of anilines is 3. The van der Waals surface area contributed by atoms with E-state index in [2.05, 4.69) is 21.3 Å². The number of imide groups is 1. The molecule has 1 unspecified atom stereocenters. The summed E-state index contributed by atoms with van der Waals surface area (Å²) in [5, 5.41) is 10.8. The molecule has 0 saturated carbocycles. The van der Waals surface area contributed by atoms with Gasteiger partial charge in [-0.1, -0.05) is 54.6 Å². The van der Waals surface area contributed by atoms with Crippen LogP contribution in [0.2, 0.25) is 0 Å². The van der Waals surface area contributed by atoms with Gasteiger partial charge in [0.05, 0.1) is 0 Å². The fourth-order valence-electron chi connectivity index (χ4n) is 3.79. The van der Waals surface area contributed by atoms with Crippen molar-refractivity contribution < 1.29 is 19.2 Å². The Labute approximate surface area is 202 Å². The molecular formula is C26H25N5O4. The zero-order valence-corrected chi connectivity index (χ0v) is 19.3. The third-order valence-corrected chi connectivity index (χ3v) is 5.73. The van der Waals surface area contributed by atoms with Gasteiger partial charge in [0.1, 0.15) is 12.1 Å². The molecule has 9 heteroatoms. The van der Waals surface area contributed by atoms with Crippen molar-refractivity contribution in [2.24, 2.45) is 0 Å². The lowest BCUT2D eigenvalue weighted by molar-refractivity contribution is -0.133. The molecule has 3 aromatic carbocycles. The first-order valence-corrected chi connectivity index (χ1v) is 11.0. The van der Waals surface area contributed by atoms with E-state index in [0.717, 1.165) is 10.5 Å². The second-order valence-electron chi connectivity index (χ2n) is 8.34. The lowest BCUT2D eigenvalue weighted by atomic mass is 9.92. The Balaban J connectivity index is 1.41. The molecule has 1 fully saturated rings. The second-order valence-corrected chi connectivity index (χ2v) is 8.34. The average molecular weight is 472 g/mol. The third kappa shape index (κ3) is 5.14. The van der Waals surface area contributed by atoms with E-state index in [0.29, 0.717) is 22.6 Å². The van der Waals surface area contributed by atoms with Crippen molar-refractivity contribution in [3.63, 3.8) is 0 Å². The van der Waals surface area contributed by atoms with E-state index >= 15 is 0 Å². The van der Waals surface area contributed by atoms with Crippen LogP contribution in [0, 0.1) is 6.92 Å². The Bertz CT molecular complexity index is 1280. The van der Waals surface area contributed by atoms with Gasteiger partial charge in [0.2, 0.25) is 5.91 Å². The van der Waals surface area contributed by atoms with Crippen molar-refractivity contribution in [1.29, 1.82) is 0 Å². The fraction of sp³-hybridized carbons (Fsp3) is 0.154. The molecule has 35 heavy (non-hydrogen) atoms. The van der Waals surface area contributed by atoms with E-state index in [-0.39, 0.29) is 0 Å². The van der Waals surface area contributed by atoms with E-state index in [1.807, 2.05) is 24.3 Å². The van der Waals surface area contributed by atoms with Crippen LogP contribution >= 0.6 is 0 Å². The number of carbonyl (C=O) groups excluding carboxylic acids is 4. The molecule has 0 aromatic heterocycles. The van der Waals surface area contributed by atoms with Crippen LogP contribution in [-0.4, -0.2) is 35.3 Å². The van der Waals surface area contributed by atoms with Crippen LogP contribution in [0.3, 0.4) is 0 Å². The van der Waals surface area contributed by atoms with Gasteiger partial charge in [0, 0.05) is 17.1 Å². The number of amides is 6. The van der Waals surface area contributed by atoms with Gasteiger partial charge < -0.3 is 21.3 Å². The van der Waals surface area contributed by atoms with Crippen molar-refractivity contribution in [2.75, 3.05) is 22.5 Å². The first-order chi connectivity index (χ1) is 16.8. The van der Waals surface area contributed by atoms with Gasteiger partial charge in [0.15, 0.2) is 0 Å². The molecule has 9 nitrogen and oxygen atoms in total. The van der Waals surface area contributed by atoms with E-state index < -0.39 is 36.0 Å². The highest BCUT2D eigenvalue weighted by molar-refractivity contribution is 6.10. The molecule has 4 N–H and O–H groups in total. The maximum atomic E-state index is 13.0. The smallest absolute Gasteiger partial charge is 0.324 e. The van der Waals surface area contributed by atoms with E-state index in [9.17, 15) is 19.2 Å². The van der Waals surface area contributed by atoms with E-state index in [1.165, 1.54) is 0 Å². The Morgan fingerprint density at radius 3 is 2.17 bits per heavy atom. The van der Waals surface area contributed by atoms with Gasteiger partial charge in [-0.15, -0.1) is 0 Å². The molecule has 0 aliphatic carbocycles. The quantitative estimate of drug-likeness (QED) is 0.406. The van der Waals surface area contributed by atoms with Crippen LogP contribution in [-0.2, 0) is 15.1 Å². The summed E-state index contributed by atoms with van der Waals surface area (Å²) in [5.74, 6) is -1.05. The largest absolute Gasteiger partial charge is 0.325 e. The zero-order valence-electron chi connectivity index (χ0n) is 19.3. The number of hydrogen-bond acceptors (Lipinski definition) is 4. The van der Waals surface area contributed by atoms with Gasteiger partial charge >= 0.3 is 12.1 Å². The maximum Gasteiger partial charge on any atom is 0.325 e. The Morgan fingerprint density at radius 2 is 1.49 bits per heavy atom. The monoisotopic (exact) mass is 471 g/mol. The lowest BCUT2D eigenvalue weighted by Crippen LogP contribution is -2.42. The normalized spacial score (nSPS) is 17.0. The third-order valence-electron chi connectivity index (χ3n) is 5.73. The molecule has 1 aliphatic heterocycles. The van der Waals surface area contributed by atoms with Gasteiger partial charge in [-0.05, 0) is 49.2 Å². The summed E-state index contributed by atoms with van der Waals surface area (Å²) < 4.78 is 0. The number of para-hydroxylation sites is 1. The molecule has 1 heterocycles. The van der Waals surface area contributed by atoms with Crippen molar-refractivity contribution in [3.8, 4) is 0 Å². The molecule has 0 bridgehead atoms. The van der Waals surface area contributed by atoms with Crippen molar-refractivity contribution in [3.05, 3.63) is 90.0 Å². The average Bonchev–Trinajstić information content (AvgIpc) is 3.06. The van der Waals surface area contributed by atoms with Gasteiger partial charge in [-0.2, -0.15) is 0 Å². The first kappa shape index (κ1) is 23.5. The molecule has 178 valence electrons. The summed E-state index contributed by atoms with van der Waals surface area (Å²) in [6, 6.07) is 21.8. The minimum absolute atomic E-state index is 0.433. The van der Waals surface area contributed by atoms with Crippen LogP contribution < -0.4 is 21.3 Å². The minimum atomic E-state index is -1.25. The van der Waals surface area contributed by atoms with Crippen molar-refractivity contribution in [2.45, 2.75) is 19.4 Å². The molecule has 1 atom stereocenters. The summed E-state index contributed by atoms with van der Waals surface area (Å²) >= 11 is 0. The topological polar surface area (TPSA) is 120 Å². The summed E-state index contributed by atoms with van der Waals surface area (Å²) in [6.45, 7) is 2.96. The SMILES string of the molecule is Cc1ccc(NC(=O)Nc2ccccc2)cc1NC(=O)CN1C(=O)NC(C)(c2ccccc2)C1=O. The second kappa shape index (κ2) is 9.68. The number of urea groups is 2. The number of nitrogens with one attached hydrogen (secondary N) is 4. The molecule has 0 radical (unpaired) electrons. The summed E-state index contributed by atoms with van der Waals surface area (Å²) in [4.78, 5) is 51.5. The molecule has 3 aromatic rings. The summed E-state index contributed by atoms with van der Waals surface area (Å²) in [7, 11) is 0. The minimum Gasteiger partial charge on any atom is -0.324 e. The van der Waals surface area contributed by atoms with Crippen molar-refractivity contribution in [1.82, 2.24) is 10.2 Å². The van der Waals surface area contributed by atoms with Crippen LogP contribution in [0.4, 0.5) is 26.7 Å². The lowest BCUT2D eigenvalue weighted by Gasteiger charge is -2.22. The number of rotatable bonds is 6. The molecule has 0 spiro atoms. The van der Waals surface area contributed by atoms with Crippen LogP contribution in [0.1, 0.15) is 18.1 Å². The molecular weight excluding hydrogens is 446 g/mol. The highest BCUT2D eigenvalue weighted by Gasteiger charge is 2.49. The molecule has 1 saturated heterocycles. The van der Waals surface area contributed by atoms with E-state index in [4.69, 9.17) is 0 Å². The Hall–Kier alpha value is -4.66. The molecule has 1 aliphatic rings. The van der Waals surface area contributed by atoms with Gasteiger partial charge in [-0.25, -0.2) is 9.59 Å². The predicted octanol–water partition coefficient (Wildman–Crippen LogP) is 4.04. The first-order valence-electron chi connectivity index (χ1n) is 11.0. The summed E-state index contributed by atoms with van der Waals surface area (Å²) in [5.41, 5.74) is 1.69. The number of nitrogens with zero attached hydrogens (tertiary/aromatic N) is 1. The van der Waals surface area contributed by atoms with E-state index in [1.54, 1.807) is 68.4 Å². The standard InChI is InChI=1S/C26H25N5O4/c1-17-13-14-20(28-24(34)27-19-11-7-4-8-12-19)15-21(17)29-22(32)16-31-23(33)26(2,30-25(31)35)18-9-5-3-6-10-18/h3-15H,16H2,1-2H3,(H,29,32)(H,30,35)(H2,27,28,34). The maximum absolute atomic E-state index is 13.0. The predicted molar refractivity (Wildman–Crippen MR) is 133 cm³/mol. The van der Waals surface area contributed by atoms with Crippen molar-refractivity contribution >= 4 is 40.9 Å². The number of benzene rings is 3. The fourth-order valence-corrected chi connectivity index (χ4v) is 3.79. The zero-order chi connectivity index (χ0) is 25.0. The van der Waals surface area contributed by atoms with Crippen LogP contribution in [0.5, 0.6) is 0 Å². The number of aryl methyl sites for hydroxylation is 1. The molecule has 6 amide bonds. The van der Waals surface area contributed by atoms with Crippen LogP contribution in [0.15, 0.2) is 78.9 Å². The summed E-state index contributed by atoms with van der Waals surface area (Å²) in [6.07, 6.45) is 0. The highest BCUT2D eigenvalue weighted by Crippen LogP contribution is 2.28. The van der Waals surface area contributed by atoms with Gasteiger partial charge in [-0.3, -0.25) is 14.5 Å². The highest BCUT2D eigenvalue weighted by atomic mass is 16.2. The number of carbonyl (C=O) groups is 4. The van der Waals surface area contributed by atoms with Crippen LogP contribution in [0.25, 0.3) is 0 Å². The van der Waals surface area contributed by atoms with Gasteiger partial charge in [0.25, 0.3) is 5.91 Å².